The zero-order valence-electron chi connectivity index (χ0n) is 10.8. The number of halogens is 1. The average molecular weight is 278 g/mol. The summed E-state index contributed by atoms with van der Waals surface area (Å²) in [6.45, 7) is 1.93. The smallest absolute Gasteiger partial charge is 0.256 e. The minimum atomic E-state index is -0.463. The Morgan fingerprint density at radius 2 is 2.16 bits per heavy atom. The van der Waals surface area contributed by atoms with Gasteiger partial charge in [0.15, 0.2) is 0 Å². The number of rotatable bonds is 3. The quantitative estimate of drug-likeness (QED) is 0.876. The molecule has 1 atom stereocenters. The fourth-order valence-corrected chi connectivity index (χ4v) is 2.63. The maximum absolute atomic E-state index is 13.2. The number of amides is 1. The van der Waals surface area contributed by atoms with Crippen LogP contribution in [0.5, 0.6) is 0 Å². The van der Waals surface area contributed by atoms with Crippen LogP contribution in [-0.4, -0.2) is 17.9 Å². The predicted octanol–water partition coefficient (Wildman–Crippen LogP) is 3.30. The second kappa shape index (κ2) is 5.40. The van der Waals surface area contributed by atoms with E-state index < -0.39 is 5.82 Å². The number of nitrogen functional groups attached to an aromatic ring is 1. The number of nitrogens with zero attached hydrogens (tertiary/aromatic N) is 1. The summed E-state index contributed by atoms with van der Waals surface area (Å²) in [7, 11) is 1.69. The highest BCUT2D eigenvalue weighted by Gasteiger charge is 2.21. The lowest BCUT2D eigenvalue weighted by molar-refractivity contribution is 0.0745. The molecule has 1 aromatic carbocycles. The number of nitrogens with two attached hydrogens (primary N) is 1. The van der Waals surface area contributed by atoms with Crippen LogP contribution < -0.4 is 5.73 Å². The van der Waals surface area contributed by atoms with E-state index in [2.05, 4.69) is 0 Å². The molecular weight excluding hydrogens is 263 g/mol. The van der Waals surface area contributed by atoms with Crippen LogP contribution >= 0.6 is 11.3 Å². The fourth-order valence-electron chi connectivity index (χ4n) is 1.80. The first-order valence-electron chi connectivity index (χ1n) is 5.86. The molecule has 0 aliphatic rings. The molecule has 0 spiro atoms. The normalized spacial score (nSPS) is 12.2. The third kappa shape index (κ3) is 2.76. The van der Waals surface area contributed by atoms with Gasteiger partial charge in [0.05, 0.1) is 11.6 Å². The number of hydrogen-bond donors (Lipinski definition) is 1. The lowest BCUT2D eigenvalue weighted by Gasteiger charge is -2.24. The van der Waals surface area contributed by atoms with E-state index in [-0.39, 0.29) is 23.2 Å². The molecule has 2 N–H and O–H groups in total. The highest BCUT2D eigenvalue weighted by molar-refractivity contribution is 7.10. The van der Waals surface area contributed by atoms with Gasteiger partial charge in [-0.2, -0.15) is 0 Å². The average Bonchev–Trinajstić information content (AvgIpc) is 2.93. The second-order valence-electron chi connectivity index (χ2n) is 4.34. The molecule has 2 rings (SSSR count). The van der Waals surface area contributed by atoms with E-state index in [0.717, 1.165) is 4.88 Å². The minimum Gasteiger partial charge on any atom is -0.398 e. The van der Waals surface area contributed by atoms with E-state index in [1.54, 1.807) is 23.3 Å². The van der Waals surface area contributed by atoms with Gasteiger partial charge < -0.3 is 10.6 Å². The molecule has 0 saturated carbocycles. The predicted molar refractivity (Wildman–Crippen MR) is 75.6 cm³/mol. The van der Waals surface area contributed by atoms with E-state index in [4.69, 9.17) is 5.73 Å². The number of carbonyl (C=O) groups is 1. The van der Waals surface area contributed by atoms with Crippen LogP contribution in [0.1, 0.15) is 28.2 Å². The van der Waals surface area contributed by atoms with Crippen LogP contribution in [0.25, 0.3) is 0 Å². The van der Waals surface area contributed by atoms with Gasteiger partial charge in [-0.25, -0.2) is 4.39 Å². The van der Waals surface area contributed by atoms with Gasteiger partial charge >= 0.3 is 0 Å². The Hall–Kier alpha value is -1.88. The highest BCUT2D eigenvalue weighted by atomic mass is 32.1. The van der Waals surface area contributed by atoms with E-state index in [9.17, 15) is 9.18 Å². The second-order valence-corrected chi connectivity index (χ2v) is 5.32. The molecule has 1 heterocycles. The number of carbonyl (C=O) groups excluding carboxylic acids is 1. The summed E-state index contributed by atoms with van der Waals surface area (Å²) in [6.07, 6.45) is 0. The van der Waals surface area contributed by atoms with Crippen molar-refractivity contribution in [1.29, 1.82) is 0 Å². The van der Waals surface area contributed by atoms with Crippen molar-refractivity contribution in [2.45, 2.75) is 13.0 Å². The standard InChI is InChI=1S/C14H15FN2OS/c1-9(13-4-3-7-19-13)17(2)14(18)11-8-10(15)5-6-12(11)16/h3-9H,16H2,1-2H3. The SMILES string of the molecule is CC(c1cccs1)N(C)C(=O)c1cc(F)ccc1N. The summed E-state index contributed by atoms with van der Waals surface area (Å²) in [5, 5.41) is 1.96. The summed E-state index contributed by atoms with van der Waals surface area (Å²) in [5.41, 5.74) is 6.22. The molecule has 1 amide bonds. The monoisotopic (exact) mass is 278 g/mol. The van der Waals surface area contributed by atoms with Crippen molar-refractivity contribution in [2.24, 2.45) is 0 Å². The number of anilines is 1. The minimum absolute atomic E-state index is 0.0739. The van der Waals surface area contributed by atoms with Gasteiger partial charge in [0.1, 0.15) is 5.82 Å². The van der Waals surface area contributed by atoms with Crippen molar-refractivity contribution in [3.63, 3.8) is 0 Å². The molecule has 19 heavy (non-hydrogen) atoms. The molecular formula is C14H15FN2OS. The molecule has 2 aromatic rings. The highest BCUT2D eigenvalue weighted by Crippen LogP contribution is 2.26. The van der Waals surface area contributed by atoms with Crippen molar-refractivity contribution < 1.29 is 9.18 Å². The summed E-state index contributed by atoms with van der Waals surface area (Å²) in [4.78, 5) is 15.0. The Balaban J connectivity index is 2.26. The van der Waals surface area contributed by atoms with Crippen LogP contribution in [0.4, 0.5) is 10.1 Å². The number of hydrogen-bond acceptors (Lipinski definition) is 3. The van der Waals surface area contributed by atoms with Crippen LogP contribution in [0, 0.1) is 5.82 Å². The van der Waals surface area contributed by atoms with Gasteiger partial charge in [0, 0.05) is 17.6 Å². The molecule has 0 bridgehead atoms. The van der Waals surface area contributed by atoms with Gasteiger partial charge in [-0.15, -0.1) is 11.3 Å². The molecule has 0 aliphatic heterocycles. The van der Waals surface area contributed by atoms with Crippen LogP contribution in [0.3, 0.4) is 0 Å². The molecule has 0 aliphatic carbocycles. The van der Waals surface area contributed by atoms with E-state index in [0.29, 0.717) is 0 Å². The Kier molecular flexibility index (Phi) is 3.85. The van der Waals surface area contributed by atoms with Gasteiger partial charge in [0.25, 0.3) is 5.91 Å². The maximum atomic E-state index is 13.2. The fraction of sp³-hybridized carbons (Fsp3) is 0.214. The summed E-state index contributed by atoms with van der Waals surface area (Å²) in [6, 6.07) is 7.66. The largest absolute Gasteiger partial charge is 0.398 e. The number of benzene rings is 1. The molecule has 0 fully saturated rings. The Morgan fingerprint density at radius 1 is 1.42 bits per heavy atom. The van der Waals surface area contributed by atoms with E-state index in [1.165, 1.54) is 18.2 Å². The Morgan fingerprint density at radius 3 is 2.79 bits per heavy atom. The summed E-state index contributed by atoms with van der Waals surface area (Å²) in [5.74, 6) is -0.743. The Bertz CT molecular complexity index is 583. The lowest BCUT2D eigenvalue weighted by atomic mass is 10.1. The first-order chi connectivity index (χ1) is 9.00. The van der Waals surface area contributed by atoms with Gasteiger partial charge in [-0.05, 0) is 36.6 Å². The van der Waals surface area contributed by atoms with Crippen molar-refractivity contribution in [2.75, 3.05) is 12.8 Å². The molecule has 0 saturated heterocycles. The van der Waals surface area contributed by atoms with Crippen molar-refractivity contribution in [3.05, 3.63) is 52.0 Å². The third-order valence-corrected chi connectivity index (χ3v) is 4.14. The lowest BCUT2D eigenvalue weighted by Crippen LogP contribution is -2.29. The first kappa shape index (κ1) is 13.5. The third-order valence-electron chi connectivity index (χ3n) is 3.10. The summed E-state index contributed by atoms with van der Waals surface area (Å²) < 4.78 is 13.2. The van der Waals surface area contributed by atoms with Gasteiger partial charge in [0.2, 0.25) is 0 Å². The maximum Gasteiger partial charge on any atom is 0.256 e. The Labute approximate surface area is 115 Å². The molecule has 5 heteroatoms. The van der Waals surface area contributed by atoms with E-state index in [1.807, 2.05) is 24.4 Å². The van der Waals surface area contributed by atoms with Gasteiger partial charge in [-0.3, -0.25) is 4.79 Å². The van der Waals surface area contributed by atoms with E-state index >= 15 is 0 Å². The molecule has 0 radical (unpaired) electrons. The zero-order valence-corrected chi connectivity index (χ0v) is 11.6. The topological polar surface area (TPSA) is 46.3 Å². The van der Waals surface area contributed by atoms with Crippen molar-refractivity contribution >= 4 is 22.9 Å². The van der Waals surface area contributed by atoms with Crippen molar-refractivity contribution in [3.8, 4) is 0 Å². The zero-order chi connectivity index (χ0) is 14.0. The van der Waals surface area contributed by atoms with Crippen molar-refractivity contribution in [1.82, 2.24) is 4.90 Å². The van der Waals surface area contributed by atoms with Crippen LogP contribution in [-0.2, 0) is 0 Å². The first-order valence-corrected chi connectivity index (χ1v) is 6.74. The van der Waals surface area contributed by atoms with Crippen LogP contribution in [0.15, 0.2) is 35.7 Å². The molecule has 100 valence electrons. The number of thiophene rings is 1. The van der Waals surface area contributed by atoms with Crippen LogP contribution in [0.2, 0.25) is 0 Å². The molecule has 1 unspecified atom stereocenters. The molecule has 1 aromatic heterocycles. The van der Waals surface area contributed by atoms with Gasteiger partial charge in [-0.1, -0.05) is 6.07 Å². The molecule has 3 nitrogen and oxygen atoms in total. The summed E-state index contributed by atoms with van der Waals surface area (Å²) >= 11 is 1.58.